The fourth-order valence-electron chi connectivity index (χ4n) is 1.51. The molecule has 0 amide bonds. The molecule has 0 unspecified atom stereocenters. The molecular weight excluding hydrogens is 357 g/mol. The minimum absolute atomic E-state index is 0. The van der Waals surface area contributed by atoms with Crippen molar-refractivity contribution in [2.24, 2.45) is 10.9 Å². The molecule has 0 aromatic rings. The van der Waals surface area contributed by atoms with Crippen molar-refractivity contribution in [1.29, 1.82) is 0 Å². The van der Waals surface area contributed by atoms with Gasteiger partial charge in [0.1, 0.15) is 0 Å². The second-order valence-electron chi connectivity index (χ2n) is 4.55. The summed E-state index contributed by atoms with van der Waals surface area (Å²) in [5.41, 5.74) is 0. The van der Waals surface area contributed by atoms with Crippen LogP contribution in [0.15, 0.2) is 4.99 Å². The summed E-state index contributed by atoms with van der Waals surface area (Å²) in [6.07, 6.45) is 3.69. The molecular formula is C13H28IN3O2. The van der Waals surface area contributed by atoms with Crippen LogP contribution in [-0.4, -0.2) is 52.5 Å². The fraction of sp³-hybridized carbons (Fsp3) is 0.923. The normalized spacial score (nSPS) is 14.9. The Kier molecular flexibility index (Phi) is 12.9. The molecule has 1 aliphatic carbocycles. The van der Waals surface area contributed by atoms with Gasteiger partial charge in [-0.2, -0.15) is 0 Å². The largest absolute Gasteiger partial charge is 0.383 e. The van der Waals surface area contributed by atoms with Crippen LogP contribution in [0, 0.1) is 5.92 Å². The molecule has 0 aromatic heterocycles. The highest BCUT2D eigenvalue weighted by Crippen LogP contribution is 2.28. The van der Waals surface area contributed by atoms with Gasteiger partial charge in [-0.05, 0) is 32.1 Å². The van der Waals surface area contributed by atoms with Crippen LogP contribution in [0.2, 0.25) is 0 Å². The van der Waals surface area contributed by atoms with E-state index in [1.54, 1.807) is 7.11 Å². The Labute approximate surface area is 133 Å². The highest BCUT2D eigenvalue weighted by atomic mass is 127. The summed E-state index contributed by atoms with van der Waals surface area (Å²) >= 11 is 0. The lowest BCUT2D eigenvalue weighted by Gasteiger charge is -2.10. The number of nitrogens with one attached hydrogen (secondary N) is 2. The van der Waals surface area contributed by atoms with Gasteiger partial charge in [0.2, 0.25) is 0 Å². The van der Waals surface area contributed by atoms with E-state index in [0.717, 1.165) is 51.1 Å². The van der Waals surface area contributed by atoms with Gasteiger partial charge in [-0.15, -0.1) is 24.0 Å². The Morgan fingerprint density at radius 3 is 2.68 bits per heavy atom. The van der Waals surface area contributed by atoms with Crippen LogP contribution in [0.4, 0.5) is 0 Å². The van der Waals surface area contributed by atoms with Gasteiger partial charge in [-0.25, -0.2) is 0 Å². The molecule has 19 heavy (non-hydrogen) atoms. The Morgan fingerprint density at radius 1 is 1.26 bits per heavy atom. The van der Waals surface area contributed by atoms with E-state index in [-0.39, 0.29) is 24.0 Å². The summed E-state index contributed by atoms with van der Waals surface area (Å²) < 4.78 is 10.6. The third kappa shape index (κ3) is 11.4. The summed E-state index contributed by atoms with van der Waals surface area (Å²) in [5, 5.41) is 6.42. The molecule has 0 atom stereocenters. The molecule has 2 N–H and O–H groups in total. The first-order valence-electron chi connectivity index (χ1n) is 6.95. The van der Waals surface area contributed by atoms with Crippen molar-refractivity contribution in [3.63, 3.8) is 0 Å². The number of rotatable bonds is 10. The number of guanidine groups is 1. The molecule has 0 radical (unpaired) electrons. The van der Waals surface area contributed by atoms with Crippen LogP contribution in [0.5, 0.6) is 0 Å². The van der Waals surface area contributed by atoms with Crippen molar-refractivity contribution in [3.8, 4) is 0 Å². The molecule has 1 fully saturated rings. The molecule has 1 saturated carbocycles. The minimum Gasteiger partial charge on any atom is -0.383 e. The van der Waals surface area contributed by atoms with Crippen LogP contribution in [0.3, 0.4) is 0 Å². The van der Waals surface area contributed by atoms with E-state index in [2.05, 4.69) is 22.5 Å². The average molecular weight is 385 g/mol. The maximum absolute atomic E-state index is 5.57. The number of methoxy groups -OCH3 is 1. The van der Waals surface area contributed by atoms with Crippen molar-refractivity contribution < 1.29 is 9.47 Å². The van der Waals surface area contributed by atoms with E-state index in [1.165, 1.54) is 12.8 Å². The average Bonchev–Trinajstić information content (AvgIpc) is 3.17. The molecule has 0 heterocycles. The van der Waals surface area contributed by atoms with Crippen LogP contribution >= 0.6 is 24.0 Å². The van der Waals surface area contributed by atoms with Crippen molar-refractivity contribution in [1.82, 2.24) is 10.6 Å². The monoisotopic (exact) mass is 385 g/mol. The lowest BCUT2D eigenvalue weighted by molar-refractivity contribution is 0.123. The summed E-state index contributed by atoms with van der Waals surface area (Å²) in [4.78, 5) is 4.48. The van der Waals surface area contributed by atoms with Crippen LogP contribution in [0.25, 0.3) is 0 Å². The zero-order valence-electron chi connectivity index (χ0n) is 12.1. The van der Waals surface area contributed by atoms with Crippen molar-refractivity contribution in [3.05, 3.63) is 0 Å². The van der Waals surface area contributed by atoms with Gasteiger partial charge < -0.3 is 20.1 Å². The van der Waals surface area contributed by atoms with Crippen molar-refractivity contribution >= 4 is 29.9 Å². The highest BCUT2D eigenvalue weighted by Gasteiger charge is 2.20. The van der Waals surface area contributed by atoms with E-state index in [9.17, 15) is 0 Å². The lowest BCUT2D eigenvalue weighted by Crippen LogP contribution is -2.39. The fourth-order valence-corrected chi connectivity index (χ4v) is 1.51. The highest BCUT2D eigenvalue weighted by molar-refractivity contribution is 14.0. The zero-order chi connectivity index (χ0) is 13.1. The lowest BCUT2D eigenvalue weighted by atomic mass is 10.4. The maximum atomic E-state index is 5.57. The quantitative estimate of drug-likeness (QED) is 0.260. The van der Waals surface area contributed by atoms with E-state index in [0.29, 0.717) is 6.61 Å². The summed E-state index contributed by atoms with van der Waals surface area (Å²) in [7, 11) is 1.70. The van der Waals surface area contributed by atoms with Gasteiger partial charge >= 0.3 is 0 Å². The predicted molar refractivity (Wildman–Crippen MR) is 89.4 cm³/mol. The van der Waals surface area contributed by atoms with Gasteiger partial charge in [0.25, 0.3) is 0 Å². The molecule has 114 valence electrons. The third-order valence-electron chi connectivity index (χ3n) is 2.71. The topological polar surface area (TPSA) is 54.9 Å². The van der Waals surface area contributed by atoms with Gasteiger partial charge in [0, 0.05) is 40.0 Å². The summed E-state index contributed by atoms with van der Waals surface area (Å²) in [6, 6.07) is 0. The number of hydrogen-bond acceptors (Lipinski definition) is 3. The van der Waals surface area contributed by atoms with Gasteiger partial charge in [-0.1, -0.05) is 0 Å². The second-order valence-corrected chi connectivity index (χ2v) is 4.55. The van der Waals surface area contributed by atoms with Crippen LogP contribution in [-0.2, 0) is 9.47 Å². The van der Waals surface area contributed by atoms with E-state index < -0.39 is 0 Å². The molecule has 0 aromatic carbocycles. The van der Waals surface area contributed by atoms with Crippen molar-refractivity contribution in [2.45, 2.75) is 26.2 Å². The summed E-state index contributed by atoms with van der Waals surface area (Å²) in [6.45, 7) is 6.96. The molecule has 0 saturated heterocycles. The molecule has 0 aliphatic heterocycles. The predicted octanol–water partition coefficient (Wildman–Crippen LogP) is 1.62. The Morgan fingerprint density at radius 2 is 2.05 bits per heavy atom. The smallest absolute Gasteiger partial charge is 0.191 e. The van der Waals surface area contributed by atoms with Gasteiger partial charge in [0.05, 0.1) is 6.61 Å². The molecule has 6 heteroatoms. The molecule has 1 rings (SSSR count). The number of hydrogen-bond donors (Lipinski definition) is 2. The maximum Gasteiger partial charge on any atom is 0.191 e. The molecule has 1 aliphatic rings. The first-order chi connectivity index (χ1) is 8.86. The first-order valence-corrected chi connectivity index (χ1v) is 6.95. The second kappa shape index (κ2) is 12.9. The number of ether oxygens (including phenoxy) is 2. The number of nitrogens with zero attached hydrogens (tertiary/aromatic N) is 1. The van der Waals surface area contributed by atoms with Gasteiger partial charge in [-0.3, -0.25) is 4.99 Å². The van der Waals surface area contributed by atoms with Crippen LogP contribution < -0.4 is 10.6 Å². The van der Waals surface area contributed by atoms with Crippen LogP contribution in [0.1, 0.15) is 26.2 Å². The standard InChI is InChI=1S/C13H27N3O2.HI/c1-3-14-13(16-8-10-17-2)15-7-4-9-18-11-12-5-6-12;/h12H,3-11H2,1-2H3,(H2,14,15,16);1H. The first kappa shape index (κ1) is 18.9. The zero-order valence-corrected chi connectivity index (χ0v) is 14.4. The summed E-state index contributed by atoms with van der Waals surface area (Å²) in [5.74, 6) is 1.71. The Bertz CT molecular complexity index is 236. The molecule has 5 nitrogen and oxygen atoms in total. The molecule has 0 spiro atoms. The van der Waals surface area contributed by atoms with Gasteiger partial charge in [0.15, 0.2) is 5.96 Å². The minimum atomic E-state index is 0. The van der Waals surface area contributed by atoms with E-state index in [4.69, 9.17) is 9.47 Å². The number of halogens is 1. The van der Waals surface area contributed by atoms with E-state index in [1.807, 2.05) is 0 Å². The van der Waals surface area contributed by atoms with E-state index >= 15 is 0 Å². The SMILES string of the molecule is CCNC(=NCCCOCC1CC1)NCCOC.I. The Hall–Kier alpha value is -0.0800. The number of aliphatic imine (C=N–C) groups is 1. The molecule has 0 bridgehead atoms. The Balaban J connectivity index is 0.00000324. The third-order valence-corrected chi connectivity index (χ3v) is 2.71. The van der Waals surface area contributed by atoms with Crippen molar-refractivity contribution in [2.75, 3.05) is 46.6 Å².